The highest BCUT2D eigenvalue weighted by molar-refractivity contribution is 5.85. The van der Waals surface area contributed by atoms with Crippen LogP contribution in [-0.4, -0.2) is 49.2 Å². The van der Waals surface area contributed by atoms with Crippen LogP contribution in [0.4, 0.5) is 30.2 Å². The maximum atomic E-state index is 13.4. The van der Waals surface area contributed by atoms with Gasteiger partial charge in [0.05, 0.1) is 11.3 Å². The van der Waals surface area contributed by atoms with E-state index in [1.807, 2.05) is 11.8 Å². The fraction of sp³-hybridized carbons (Fsp3) is 0.526. The van der Waals surface area contributed by atoms with E-state index < -0.39 is 23.8 Å². The Balaban J connectivity index is 2.44. The zero-order valence-electron chi connectivity index (χ0n) is 16.1. The van der Waals surface area contributed by atoms with Crippen molar-refractivity contribution in [3.63, 3.8) is 0 Å². The van der Waals surface area contributed by atoms with Crippen LogP contribution in [0.25, 0.3) is 0 Å². The highest BCUT2D eigenvalue weighted by Crippen LogP contribution is 2.47. The van der Waals surface area contributed by atoms with Gasteiger partial charge in [0.1, 0.15) is 17.5 Å². The molecule has 6 nitrogen and oxygen atoms in total. The van der Waals surface area contributed by atoms with Crippen LogP contribution in [0.15, 0.2) is 22.1 Å². The lowest BCUT2D eigenvalue weighted by atomic mass is 9.94. The number of aliphatic hydroxyl groups excluding tert-OH is 1. The van der Waals surface area contributed by atoms with Gasteiger partial charge < -0.3 is 15.3 Å². The minimum Gasteiger partial charge on any atom is -0.384 e. The number of alkyl halides is 3. The Morgan fingerprint density at radius 1 is 1.39 bits per heavy atom. The van der Waals surface area contributed by atoms with Gasteiger partial charge in [-0.1, -0.05) is 6.92 Å². The summed E-state index contributed by atoms with van der Waals surface area (Å²) in [4.78, 5) is 21.4. The van der Waals surface area contributed by atoms with Crippen molar-refractivity contribution in [3.8, 4) is 0 Å². The smallest absolute Gasteiger partial charge is 0.384 e. The summed E-state index contributed by atoms with van der Waals surface area (Å²) in [5, 5.41) is 12.2. The molecule has 28 heavy (non-hydrogen) atoms. The minimum atomic E-state index is -4.57. The van der Waals surface area contributed by atoms with Gasteiger partial charge in [-0.3, -0.25) is 14.8 Å². The molecule has 1 aromatic carbocycles. The largest absolute Gasteiger partial charge is 0.418 e. The fourth-order valence-electron chi connectivity index (χ4n) is 3.44. The molecule has 0 aromatic heterocycles. The first-order valence-corrected chi connectivity index (χ1v) is 9.01. The Morgan fingerprint density at radius 2 is 2.07 bits per heavy atom. The molecule has 2 rings (SSSR count). The molecule has 1 saturated heterocycles. The van der Waals surface area contributed by atoms with Crippen LogP contribution >= 0.6 is 0 Å². The third-order valence-electron chi connectivity index (χ3n) is 4.58. The topological polar surface area (TPSA) is 77.3 Å². The second kappa shape index (κ2) is 8.72. The third kappa shape index (κ3) is 4.89. The normalized spacial score (nSPS) is 21.6. The van der Waals surface area contributed by atoms with Crippen molar-refractivity contribution in [1.29, 1.82) is 0 Å². The number of rotatable bonds is 5. The highest BCUT2D eigenvalue weighted by atomic mass is 19.4. The zero-order chi connectivity index (χ0) is 21.1. The molecule has 1 aliphatic heterocycles. The number of amides is 1. The van der Waals surface area contributed by atoms with E-state index in [4.69, 9.17) is 0 Å². The monoisotopic (exact) mass is 398 g/mol. The number of piperidine rings is 1. The molecule has 9 heteroatoms. The molecule has 1 unspecified atom stereocenters. The number of anilines is 1. The summed E-state index contributed by atoms with van der Waals surface area (Å²) in [5.41, 5.74) is -0.611. The Kier molecular flexibility index (Phi) is 6.82. The summed E-state index contributed by atoms with van der Waals surface area (Å²) in [7, 11) is 0. The van der Waals surface area contributed by atoms with Crippen molar-refractivity contribution in [2.45, 2.75) is 45.5 Å². The summed E-state index contributed by atoms with van der Waals surface area (Å²) in [5.74, 6) is -0.309. The van der Waals surface area contributed by atoms with Crippen LogP contribution < -0.4 is 10.2 Å². The van der Waals surface area contributed by atoms with Crippen LogP contribution in [0.2, 0.25) is 0 Å². The highest BCUT2D eigenvalue weighted by Gasteiger charge is 2.36. The third-order valence-corrected chi connectivity index (χ3v) is 4.58. The van der Waals surface area contributed by atoms with Crippen LogP contribution in [0, 0.1) is 5.92 Å². The van der Waals surface area contributed by atoms with Crippen molar-refractivity contribution < 1.29 is 23.1 Å². The van der Waals surface area contributed by atoms with E-state index in [0.29, 0.717) is 25.2 Å². The quantitative estimate of drug-likeness (QED) is 0.746. The van der Waals surface area contributed by atoms with Gasteiger partial charge in [0, 0.05) is 25.3 Å². The molecule has 154 valence electrons. The van der Waals surface area contributed by atoms with E-state index in [0.717, 1.165) is 6.07 Å². The van der Waals surface area contributed by atoms with Gasteiger partial charge in [0.2, 0.25) is 5.91 Å². The number of aliphatic hydroxyl groups is 1. The maximum Gasteiger partial charge on any atom is 0.418 e. The zero-order valence-corrected chi connectivity index (χ0v) is 16.1. The molecule has 2 N–H and O–H groups in total. The van der Waals surface area contributed by atoms with Gasteiger partial charge in [-0.25, -0.2) is 0 Å². The average molecular weight is 398 g/mol. The second-order valence-corrected chi connectivity index (χ2v) is 7.00. The standard InChI is InChI=1S/C19H25F3N4O2/c1-5-24-16-14(19(20,21)22)6-7-15(17(16)23-4)26-9-11(2)8-13(10-26)25-18(28)12(3)27/h5-7,11-13,27H,4,8-10H2,1-3H3,(H,25,28)/t11-,12?,13+/m0/s1. The van der Waals surface area contributed by atoms with E-state index >= 15 is 0 Å². The SMILES string of the molecule is C=Nc1c(N2C[C@@H](C)C[C@@H](NC(=O)C(C)O)C2)ccc(C(F)(F)F)c1N=CC. The number of nitrogens with zero attached hydrogens (tertiary/aromatic N) is 3. The van der Waals surface area contributed by atoms with Gasteiger partial charge in [-0.2, -0.15) is 13.2 Å². The summed E-state index contributed by atoms with van der Waals surface area (Å²) < 4.78 is 40.2. The van der Waals surface area contributed by atoms with Crippen LogP contribution in [0.5, 0.6) is 0 Å². The number of carbonyl (C=O) groups is 1. The number of carbonyl (C=O) groups excluding carboxylic acids is 1. The van der Waals surface area contributed by atoms with Crippen molar-refractivity contribution in [3.05, 3.63) is 17.7 Å². The van der Waals surface area contributed by atoms with Gasteiger partial charge in [-0.05, 0) is 45.0 Å². The Labute approximate surface area is 162 Å². The molecule has 3 atom stereocenters. The Hall–Kier alpha value is -2.42. The number of aliphatic imine (C=N–C) groups is 2. The second-order valence-electron chi connectivity index (χ2n) is 7.00. The first kappa shape index (κ1) is 21.9. The van der Waals surface area contributed by atoms with E-state index in [1.165, 1.54) is 26.1 Å². The number of benzene rings is 1. The molecule has 0 saturated carbocycles. The number of hydrogen-bond donors (Lipinski definition) is 2. The van der Waals surface area contributed by atoms with Crippen molar-refractivity contribution in [1.82, 2.24) is 5.32 Å². The fourth-order valence-corrected chi connectivity index (χ4v) is 3.44. The number of nitrogens with one attached hydrogen (secondary N) is 1. The molecule has 0 bridgehead atoms. The van der Waals surface area contributed by atoms with Crippen LogP contribution in [0.3, 0.4) is 0 Å². The molecular weight excluding hydrogens is 373 g/mol. The number of hydrogen-bond acceptors (Lipinski definition) is 5. The van der Waals surface area contributed by atoms with E-state index in [1.54, 1.807) is 0 Å². The molecule has 0 spiro atoms. The van der Waals surface area contributed by atoms with E-state index in [-0.39, 0.29) is 23.3 Å². The van der Waals surface area contributed by atoms with Gasteiger partial charge >= 0.3 is 6.18 Å². The van der Waals surface area contributed by atoms with Crippen LogP contribution in [0.1, 0.15) is 32.8 Å². The lowest BCUT2D eigenvalue weighted by molar-refractivity contribution is -0.137. The maximum absolute atomic E-state index is 13.4. The van der Waals surface area contributed by atoms with Gasteiger partial charge in [0.25, 0.3) is 0 Å². The number of halogens is 3. The predicted molar refractivity (Wildman–Crippen MR) is 104 cm³/mol. The molecule has 1 amide bonds. The summed E-state index contributed by atoms with van der Waals surface area (Å²) in [6.07, 6.45) is -3.71. The molecular formula is C19H25F3N4O2. The van der Waals surface area contributed by atoms with Gasteiger partial charge in [0.15, 0.2) is 0 Å². The van der Waals surface area contributed by atoms with E-state index in [2.05, 4.69) is 22.0 Å². The molecule has 1 aromatic rings. The summed E-state index contributed by atoms with van der Waals surface area (Å²) in [6, 6.07) is 2.12. The Morgan fingerprint density at radius 3 is 2.61 bits per heavy atom. The first-order valence-electron chi connectivity index (χ1n) is 9.01. The summed E-state index contributed by atoms with van der Waals surface area (Å²) >= 11 is 0. The molecule has 1 heterocycles. The summed E-state index contributed by atoms with van der Waals surface area (Å²) in [6.45, 7) is 9.31. The molecule has 1 aliphatic rings. The minimum absolute atomic E-state index is 0.0580. The Bertz CT molecular complexity index is 762. The average Bonchev–Trinajstić information content (AvgIpc) is 2.59. The molecule has 0 aliphatic carbocycles. The first-order chi connectivity index (χ1) is 13.1. The lowest BCUT2D eigenvalue weighted by Crippen LogP contribution is -2.52. The molecule has 0 radical (unpaired) electrons. The van der Waals surface area contributed by atoms with E-state index in [9.17, 15) is 23.1 Å². The van der Waals surface area contributed by atoms with Crippen molar-refractivity contribution in [2.24, 2.45) is 15.9 Å². The molecule has 1 fully saturated rings. The van der Waals surface area contributed by atoms with Crippen LogP contribution in [-0.2, 0) is 11.0 Å². The van der Waals surface area contributed by atoms with Crippen molar-refractivity contribution in [2.75, 3.05) is 18.0 Å². The lowest BCUT2D eigenvalue weighted by Gasteiger charge is -2.39. The van der Waals surface area contributed by atoms with Gasteiger partial charge in [-0.15, -0.1) is 0 Å². The predicted octanol–water partition coefficient (Wildman–Crippen LogP) is 3.47. The van der Waals surface area contributed by atoms with Crippen molar-refractivity contribution >= 4 is 35.9 Å².